The first-order valence-corrected chi connectivity index (χ1v) is 7.71. The lowest BCUT2D eigenvalue weighted by Crippen LogP contribution is -2.30. The Labute approximate surface area is 121 Å². The number of ether oxygens (including phenoxy) is 1. The molecule has 1 aliphatic heterocycles. The third kappa shape index (κ3) is 4.12. The molecule has 1 atom stereocenters. The monoisotopic (exact) mass is 281 g/mol. The van der Waals surface area contributed by atoms with Gasteiger partial charge in [0.05, 0.1) is 6.61 Å². The first-order valence-electron chi connectivity index (χ1n) is 7.33. The fourth-order valence-corrected chi connectivity index (χ4v) is 2.69. The second-order valence-corrected chi connectivity index (χ2v) is 5.93. The van der Waals surface area contributed by atoms with E-state index in [9.17, 15) is 0 Å². The lowest BCUT2D eigenvalue weighted by Gasteiger charge is -2.24. The molecule has 1 aliphatic rings. The largest absolute Gasteiger partial charge is 0.493 e. The van der Waals surface area contributed by atoms with Crippen LogP contribution in [0.2, 0.25) is 5.02 Å². The van der Waals surface area contributed by atoms with Crippen molar-refractivity contribution in [2.75, 3.05) is 19.7 Å². The van der Waals surface area contributed by atoms with Crippen LogP contribution in [0.25, 0.3) is 0 Å². The summed E-state index contributed by atoms with van der Waals surface area (Å²) >= 11 is 6.10. The molecule has 0 aromatic heterocycles. The molecule has 3 heteroatoms. The molecule has 0 saturated carbocycles. The third-order valence-corrected chi connectivity index (χ3v) is 4.28. The van der Waals surface area contributed by atoms with E-state index in [2.05, 4.69) is 19.2 Å². The van der Waals surface area contributed by atoms with Gasteiger partial charge in [0.1, 0.15) is 5.75 Å². The molecule has 1 saturated heterocycles. The molecule has 0 spiro atoms. The fourth-order valence-electron chi connectivity index (χ4n) is 2.51. The van der Waals surface area contributed by atoms with E-state index in [0.29, 0.717) is 11.8 Å². The molecule has 1 unspecified atom stereocenters. The summed E-state index contributed by atoms with van der Waals surface area (Å²) in [6, 6.07) is 5.99. The second-order valence-electron chi connectivity index (χ2n) is 5.50. The Morgan fingerprint density at radius 1 is 1.37 bits per heavy atom. The number of hydrogen-bond donors (Lipinski definition) is 1. The number of piperidine rings is 1. The summed E-state index contributed by atoms with van der Waals surface area (Å²) < 4.78 is 6.07. The van der Waals surface area contributed by atoms with Gasteiger partial charge in [-0.3, -0.25) is 0 Å². The van der Waals surface area contributed by atoms with Gasteiger partial charge < -0.3 is 10.1 Å². The van der Waals surface area contributed by atoms with Gasteiger partial charge in [-0.15, -0.1) is 0 Å². The topological polar surface area (TPSA) is 21.3 Å². The molecular formula is C16H24ClNO. The zero-order chi connectivity index (χ0) is 13.7. The standard InChI is InChI=1S/C16H24ClNO/c1-3-12(2)15-10-14(17)4-5-16(15)19-11-13-6-8-18-9-7-13/h4-5,10,12-13,18H,3,6-9,11H2,1-2H3. The van der Waals surface area contributed by atoms with Crippen molar-refractivity contribution in [1.29, 1.82) is 0 Å². The van der Waals surface area contributed by atoms with Crippen LogP contribution < -0.4 is 10.1 Å². The molecule has 106 valence electrons. The zero-order valence-corrected chi connectivity index (χ0v) is 12.7. The predicted octanol–water partition coefficient (Wildman–Crippen LogP) is 4.23. The molecule has 1 aromatic carbocycles. The Hall–Kier alpha value is -0.730. The van der Waals surface area contributed by atoms with Crippen molar-refractivity contribution in [3.8, 4) is 5.75 Å². The maximum Gasteiger partial charge on any atom is 0.122 e. The van der Waals surface area contributed by atoms with Gasteiger partial charge in [-0.1, -0.05) is 25.4 Å². The van der Waals surface area contributed by atoms with Gasteiger partial charge in [-0.05, 0) is 68.0 Å². The van der Waals surface area contributed by atoms with Crippen molar-refractivity contribution in [3.05, 3.63) is 28.8 Å². The summed E-state index contributed by atoms with van der Waals surface area (Å²) in [6.45, 7) is 7.48. The van der Waals surface area contributed by atoms with Crippen molar-refractivity contribution < 1.29 is 4.74 Å². The third-order valence-electron chi connectivity index (χ3n) is 4.05. The molecule has 2 rings (SSSR count). The van der Waals surface area contributed by atoms with Gasteiger partial charge in [-0.25, -0.2) is 0 Å². The van der Waals surface area contributed by atoms with E-state index in [0.717, 1.165) is 36.9 Å². The summed E-state index contributed by atoms with van der Waals surface area (Å²) in [5, 5.41) is 4.18. The fraction of sp³-hybridized carbons (Fsp3) is 0.625. The quantitative estimate of drug-likeness (QED) is 0.872. The predicted molar refractivity (Wildman–Crippen MR) is 81.2 cm³/mol. The van der Waals surface area contributed by atoms with Crippen LogP contribution in [0.15, 0.2) is 18.2 Å². The van der Waals surface area contributed by atoms with Crippen molar-refractivity contribution in [3.63, 3.8) is 0 Å². The number of benzene rings is 1. The summed E-state index contributed by atoms with van der Waals surface area (Å²) in [7, 11) is 0. The number of halogens is 1. The van der Waals surface area contributed by atoms with Crippen LogP contribution in [0.3, 0.4) is 0 Å². The minimum Gasteiger partial charge on any atom is -0.493 e. The van der Waals surface area contributed by atoms with Gasteiger partial charge in [0.25, 0.3) is 0 Å². The van der Waals surface area contributed by atoms with Gasteiger partial charge in [0.2, 0.25) is 0 Å². The Morgan fingerprint density at radius 3 is 2.79 bits per heavy atom. The molecule has 0 amide bonds. The second kappa shape index (κ2) is 7.16. The molecule has 1 heterocycles. The summed E-state index contributed by atoms with van der Waals surface area (Å²) in [5.74, 6) is 2.18. The van der Waals surface area contributed by atoms with Gasteiger partial charge >= 0.3 is 0 Å². The summed E-state index contributed by atoms with van der Waals surface area (Å²) in [6.07, 6.45) is 3.53. The molecule has 1 aromatic rings. The van der Waals surface area contributed by atoms with E-state index in [4.69, 9.17) is 16.3 Å². The number of rotatable bonds is 5. The molecule has 1 fully saturated rings. The van der Waals surface area contributed by atoms with E-state index in [-0.39, 0.29) is 0 Å². The zero-order valence-electron chi connectivity index (χ0n) is 11.9. The Morgan fingerprint density at radius 2 is 2.11 bits per heavy atom. The average Bonchev–Trinajstić information content (AvgIpc) is 2.46. The van der Waals surface area contributed by atoms with Crippen molar-refractivity contribution in [2.24, 2.45) is 5.92 Å². The molecule has 0 bridgehead atoms. The van der Waals surface area contributed by atoms with Gasteiger partial charge in [0.15, 0.2) is 0 Å². The van der Waals surface area contributed by atoms with Crippen LogP contribution in [0.4, 0.5) is 0 Å². The minimum absolute atomic E-state index is 0.488. The normalized spacial score (nSPS) is 18.3. The van der Waals surface area contributed by atoms with Crippen molar-refractivity contribution in [1.82, 2.24) is 5.32 Å². The molecule has 2 nitrogen and oxygen atoms in total. The average molecular weight is 282 g/mol. The Balaban J connectivity index is 2.02. The molecule has 0 radical (unpaired) electrons. The van der Waals surface area contributed by atoms with E-state index in [1.165, 1.54) is 18.4 Å². The number of nitrogens with one attached hydrogen (secondary N) is 1. The van der Waals surface area contributed by atoms with Crippen LogP contribution in [-0.4, -0.2) is 19.7 Å². The highest BCUT2D eigenvalue weighted by Gasteiger charge is 2.16. The molecular weight excluding hydrogens is 258 g/mol. The van der Waals surface area contributed by atoms with E-state index in [1.54, 1.807) is 0 Å². The maximum atomic E-state index is 6.10. The van der Waals surface area contributed by atoms with E-state index >= 15 is 0 Å². The summed E-state index contributed by atoms with van der Waals surface area (Å²) in [4.78, 5) is 0. The van der Waals surface area contributed by atoms with Gasteiger partial charge in [0, 0.05) is 5.02 Å². The Kier molecular flexibility index (Phi) is 5.53. The maximum absolute atomic E-state index is 6.10. The van der Waals surface area contributed by atoms with Crippen LogP contribution in [0.5, 0.6) is 5.75 Å². The van der Waals surface area contributed by atoms with Crippen molar-refractivity contribution in [2.45, 2.75) is 39.0 Å². The Bertz CT molecular complexity index is 402. The molecule has 19 heavy (non-hydrogen) atoms. The molecule has 1 N–H and O–H groups in total. The SMILES string of the molecule is CCC(C)c1cc(Cl)ccc1OCC1CCNCC1. The van der Waals surface area contributed by atoms with E-state index in [1.807, 2.05) is 18.2 Å². The first kappa shape index (κ1) is 14.7. The summed E-state index contributed by atoms with van der Waals surface area (Å²) in [5.41, 5.74) is 1.24. The highest BCUT2D eigenvalue weighted by molar-refractivity contribution is 6.30. The van der Waals surface area contributed by atoms with Crippen LogP contribution >= 0.6 is 11.6 Å². The molecule has 0 aliphatic carbocycles. The highest BCUT2D eigenvalue weighted by Crippen LogP contribution is 2.32. The first-order chi connectivity index (χ1) is 9.20. The van der Waals surface area contributed by atoms with Crippen LogP contribution in [0.1, 0.15) is 44.6 Å². The minimum atomic E-state index is 0.488. The smallest absolute Gasteiger partial charge is 0.122 e. The number of hydrogen-bond acceptors (Lipinski definition) is 2. The lowest BCUT2D eigenvalue weighted by atomic mass is 9.97. The van der Waals surface area contributed by atoms with Crippen molar-refractivity contribution >= 4 is 11.6 Å². The van der Waals surface area contributed by atoms with Crippen LogP contribution in [0, 0.1) is 5.92 Å². The highest BCUT2D eigenvalue weighted by atomic mass is 35.5. The van der Waals surface area contributed by atoms with Gasteiger partial charge in [-0.2, -0.15) is 0 Å². The lowest BCUT2D eigenvalue weighted by molar-refractivity contribution is 0.213. The van der Waals surface area contributed by atoms with Crippen LogP contribution in [-0.2, 0) is 0 Å². The van der Waals surface area contributed by atoms with E-state index < -0.39 is 0 Å².